The van der Waals surface area contributed by atoms with Gasteiger partial charge in [0.25, 0.3) is 4.74 Å². The lowest BCUT2D eigenvalue weighted by molar-refractivity contribution is 0.0949. The molecular formula is C11H6O3S6. The molecule has 3 aliphatic heterocycles. The largest absolute Gasteiger partial charge is 0.480 e. The van der Waals surface area contributed by atoms with Gasteiger partial charge >= 0.3 is 0 Å². The molecule has 0 atom stereocenters. The lowest BCUT2D eigenvalue weighted by Gasteiger charge is -2.13. The van der Waals surface area contributed by atoms with Crippen LogP contribution in [-0.2, 0) is 9.47 Å². The molecule has 0 spiro atoms. The molecule has 1 aromatic rings. The first-order chi connectivity index (χ1) is 9.81. The molecule has 9 heteroatoms. The Morgan fingerprint density at radius 2 is 1.55 bits per heavy atom. The molecule has 0 bridgehead atoms. The molecule has 0 aliphatic carbocycles. The van der Waals surface area contributed by atoms with Gasteiger partial charge in [0, 0.05) is 0 Å². The van der Waals surface area contributed by atoms with Gasteiger partial charge in [0.2, 0.25) is 10.2 Å². The van der Waals surface area contributed by atoms with Crippen LogP contribution in [0.15, 0.2) is 25.8 Å². The highest BCUT2D eigenvalue weighted by Gasteiger charge is 2.28. The van der Waals surface area contributed by atoms with Gasteiger partial charge in [-0.2, -0.15) is 0 Å². The average molecular weight is 379 g/mol. The molecule has 0 saturated carbocycles. The second-order valence-corrected chi connectivity index (χ2v) is 10.2. The number of rotatable bonds is 0. The number of hydrogen-bond donors (Lipinski definition) is 0. The van der Waals surface area contributed by atoms with Crippen molar-refractivity contribution >= 4 is 78.2 Å². The molecule has 0 amide bonds. The lowest BCUT2D eigenvalue weighted by atomic mass is 10.7. The van der Waals surface area contributed by atoms with Crippen molar-refractivity contribution in [1.82, 2.24) is 0 Å². The molecule has 0 N–H and O–H groups in total. The Kier molecular flexibility index (Phi) is 3.90. The van der Waals surface area contributed by atoms with E-state index in [0.717, 1.165) is 27.0 Å². The molecule has 0 aromatic carbocycles. The fraction of sp³-hybridized carbons (Fsp3) is 0.182. The minimum Gasteiger partial charge on any atom is -0.480 e. The van der Waals surface area contributed by atoms with Crippen LogP contribution in [0, 0.1) is 0 Å². The van der Waals surface area contributed by atoms with Crippen molar-refractivity contribution in [2.75, 3.05) is 13.2 Å². The highest BCUT2D eigenvalue weighted by atomic mass is 32.2. The topological polar surface area (TPSA) is 35.5 Å². The fourth-order valence-corrected chi connectivity index (χ4v) is 8.64. The van der Waals surface area contributed by atoms with Crippen molar-refractivity contribution in [2.45, 2.75) is 0 Å². The normalized spacial score (nSPS) is 21.2. The average Bonchev–Trinajstić information content (AvgIpc) is 3.16. The summed E-state index contributed by atoms with van der Waals surface area (Å²) in [4.78, 5) is 12.1. The Labute approximate surface area is 139 Å². The maximum Gasteiger partial charge on any atom is 0.252 e. The third kappa shape index (κ3) is 2.48. The smallest absolute Gasteiger partial charge is 0.252 e. The molecule has 104 valence electrons. The van der Waals surface area contributed by atoms with E-state index in [0.29, 0.717) is 13.2 Å². The summed E-state index contributed by atoms with van der Waals surface area (Å²) in [5, 5.41) is 5.70. The minimum atomic E-state index is 0.143. The summed E-state index contributed by atoms with van der Waals surface area (Å²) >= 11 is 9.26. The highest BCUT2D eigenvalue weighted by molar-refractivity contribution is 8.36. The van der Waals surface area contributed by atoms with E-state index in [1.54, 1.807) is 58.4 Å². The van der Waals surface area contributed by atoms with Crippen LogP contribution in [0.5, 0.6) is 0 Å². The van der Waals surface area contributed by atoms with Crippen LogP contribution in [0.25, 0.3) is 8.47 Å². The SMILES string of the molecule is O=c1sc(=C2SC3=C(OCCO3)S2)sc1=C1SC=CS1. The molecule has 0 unspecified atom stereocenters. The van der Waals surface area contributed by atoms with E-state index in [2.05, 4.69) is 0 Å². The minimum absolute atomic E-state index is 0.143. The predicted octanol–water partition coefficient (Wildman–Crippen LogP) is 2.91. The number of thioether (sulfide) groups is 4. The summed E-state index contributed by atoms with van der Waals surface area (Å²) in [6, 6.07) is 0. The van der Waals surface area contributed by atoms with Crippen molar-refractivity contribution < 1.29 is 9.47 Å². The molecule has 0 radical (unpaired) electrons. The summed E-state index contributed by atoms with van der Waals surface area (Å²) in [6.07, 6.45) is 0. The summed E-state index contributed by atoms with van der Waals surface area (Å²) in [7, 11) is 0. The molecule has 20 heavy (non-hydrogen) atoms. The summed E-state index contributed by atoms with van der Waals surface area (Å²) in [5.74, 6) is 0. The fourth-order valence-electron chi connectivity index (χ4n) is 1.61. The van der Waals surface area contributed by atoms with Gasteiger partial charge in [-0.1, -0.05) is 34.9 Å². The van der Waals surface area contributed by atoms with Crippen LogP contribution in [-0.4, -0.2) is 13.2 Å². The predicted molar refractivity (Wildman–Crippen MR) is 93.0 cm³/mol. The molecule has 3 aliphatic rings. The van der Waals surface area contributed by atoms with Gasteiger partial charge in [-0.05, 0) is 34.3 Å². The summed E-state index contributed by atoms with van der Waals surface area (Å²) in [6.45, 7) is 1.20. The Bertz CT molecular complexity index is 769. The summed E-state index contributed by atoms with van der Waals surface area (Å²) in [5.41, 5.74) is 0. The van der Waals surface area contributed by atoms with Crippen LogP contribution >= 0.6 is 69.7 Å². The van der Waals surface area contributed by atoms with Crippen LogP contribution in [0.3, 0.4) is 0 Å². The van der Waals surface area contributed by atoms with E-state index in [9.17, 15) is 4.79 Å². The first kappa shape index (κ1) is 13.7. The zero-order chi connectivity index (χ0) is 13.5. The number of ether oxygens (including phenoxy) is 2. The molecule has 3 nitrogen and oxygen atoms in total. The van der Waals surface area contributed by atoms with Gasteiger partial charge in [-0.25, -0.2) is 0 Å². The van der Waals surface area contributed by atoms with E-state index in [1.807, 2.05) is 10.8 Å². The van der Waals surface area contributed by atoms with E-state index in [4.69, 9.17) is 9.47 Å². The molecule has 0 saturated heterocycles. The van der Waals surface area contributed by atoms with Crippen molar-refractivity contribution in [3.05, 3.63) is 38.9 Å². The van der Waals surface area contributed by atoms with Gasteiger partial charge in [-0.15, -0.1) is 11.3 Å². The van der Waals surface area contributed by atoms with Crippen molar-refractivity contribution in [3.63, 3.8) is 0 Å². The van der Waals surface area contributed by atoms with E-state index in [1.165, 1.54) is 11.3 Å². The van der Waals surface area contributed by atoms with Crippen LogP contribution in [0.4, 0.5) is 0 Å². The Hall–Kier alpha value is 0.0700. The van der Waals surface area contributed by atoms with Gasteiger partial charge in [-0.3, -0.25) is 4.79 Å². The van der Waals surface area contributed by atoms with Gasteiger partial charge in [0.15, 0.2) is 0 Å². The molecular weight excluding hydrogens is 373 g/mol. The molecule has 0 fully saturated rings. The second-order valence-electron chi connectivity index (χ2n) is 3.67. The van der Waals surface area contributed by atoms with Gasteiger partial charge in [0.05, 0.1) is 8.47 Å². The van der Waals surface area contributed by atoms with Crippen LogP contribution < -0.4 is 13.1 Å². The third-order valence-corrected chi connectivity index (χ3v) is 10.1. The van der Waals surface area contributed by atoms with Crippen LogP contribution in [0.2, 0.25) is 0 Å². The Morgan fingerprint density at radius 1 is 0.900 bits per heavy atom. The zero-order valence-electron chi connectivity index (χ0n) is 9.74. The van der Waals surface area contributed by atoms with Crippen molar-refractivity contribution in [2.24, 2.45) is 0 Å². The lowest BCUT2D eigenvalue weighted by Crippen LogP contribution is -2.14. The highest BCUT2D eigenvalue weighted by Crippen LogP contribution is 2.51. The monoisotopic (exact) mass is 378 g/mol. The first-order valence-corrected chi connectivity index (χ1v) is 10.6. The van der Waals surface area contributed by atoms with Crippen LogP contribution in [0.1, 0.15) is 0 Å². The van der Waals surface area contributed by atoms with E-state index >= 15 is 0 Å². The third-order valence-electron chi connectivity index (χ3n) is 2.41. The number of hydrogen-bond acceptors (Lipinski definition) is 9. The maximum absolute atomic E-state index is 12.1. The van der Waals surface area contributed by atoms with E-state index in [-0.39, 0.29) is 4.74 Å². The Balaban J connectivity index is 1.78. The Morgan fingerprint density at radius 3 is 2.20 bits per heavy atom. The van der Waals surface area contributed by atoms with Crippen molar-refractivity contribution in [3.8, 4) is 0 Å². The second kappa shape index (κ2) is 5.69. The molecule has 4 heterocycles. The van der Waals surface area contributed by atoms with Gasteiger partial charge < -0.3 is 9.47 Å². The van der Waals surface area contributed by atoms with Gasteiger partial charge in [0.1, 0.15) is 21.6 Å². The maximum atomic E-state index is 12.1. The zero-order valence-corrected chi connectivity index (χ0v) is 14.6. The molecule has 1 aromatic heterocycles. The van der Waals surface area contributed by atoms with E-state index < -0.39 is 0 Å². The first-order valence-electron chi connectivity index (χ1n) is 5.54. The molecule has 4 rings (SSSR count). The van der Waals surface area contributed by atoms with Crippen molar-refractivity contribution in [1.29, 1.82) is 0 Å². The quantitative estimate of drug-likeness (QED) is 0.687. The standard InChI is InChI=1S/C11H6O3S6/c12-6-5(9-15-3-4-16-9)17-10(18-6)11-19-7-8(20-11)14-2-1-13-7/h3-4H,1-2H2. The summed E-state index contributed by atoms with van der Waals surface area (Å²) < 4.78 is 15.4.